The molecule has 0 spiro atoms. The van der Waals surface area contributed by atoms with Gasteiger partial charge in [0.25, 0.3) is 0 Å². The lowest BCUT2D eigenvalue weighted by Crippen LogP contribution is -2.45. The number of nitrogens with one attached hydrogen (secondary N) is 1. The van der Waals surface area contributed by atoms with E-state index in [1.807, 2.05) is 0 Å². The molecule has 0 aliphatic heterocycles. The number of anilines is 1. The van der Waals surface area contributed by atoms with E-state index < -0.39 is 24.8 Å². The predicted molar refractivity (Wildman–Crippen MR) is 99.9 cm³/mol. The van der Waals surface area contributed by atoms with Gasteiger partial charge in [-0.05, 0) is 12.8 Å². The lowest BCUT2D eigenvalue weighted by Gasteiger charge is -2.34. The number of hydrogen-bond donors (Lipinski definition) is 2. The Morgan fingerprint density at radius 2 is 2.07 bits per heavy atom. The van der Waals surface area contributed by atoms with Crippen LogP contribution in [0.1, 0.15) is 32.1 Å². The quantitative estimate of drug-likeness (QED) is 0.444. The topological polar surface area (TPSA) is 91.8 Å². The molecule has 7 nitrogen and oxygen atoms in total. The number of ether oxygens (including phenoxy) is 1. The molecule has 0 bridgehead atoms. The minimum atomic E-state index is -4.40. The highest BCUT2D eigenvalue weighted by molar-refractivity contribution is 8.01. The first-order chi connectivity index (χ1) is 13.2. The van der Waals surface area contributed by atoms with Crippen molar-refractivity contribution in [1.82, 2.24) is 9.88 Å². The molecular weight excluding hydrogens is 419 g/mol. The second-order valence-corrected chi connectivity index (χ2v) is 8.56. The van der Waals surface area contributed by atoms with Gasteiger partial charge in [-0.2, -0.15) is 13.2 Å². The summed E-state index contributed by atoms with van der Waals surface area (Å²) >= 11 is 2.25. The Morgan fingerprint density at radius 1 is 1.36 bits per heavy atom. The van der Waals surface area contributed by atoms with Gasteiger partial charge in [0.15, 0.2) is 5.13 Å². The molecule has 0 unspecified atom stereocenters. The van der Waals surface area contributed by atoms with Gasteiger partial charge in [-0.1, -0.05) is 30.6 Å². The molecule has 1 aliphatic rings. The van der Waals surface area contributed by atoms with E-state index in [1.54, 1.807) is 0 Å². The molecule has 1 fully saturated rings. The molecule has 2 N–H and O–H groups in total. The standard InChI is InChI=1S/C16H22F3N3O4S2/c17-16(18,19)10-26-7-6-22(11-4-2-1-3-5-11)15(25)21-14-20-8-13(28-14)27-9-12(23)24/h8,11H,1-7,9-10H2,(H,23,24)(H,20,21,25). The SMILES string of the molecule is O=C(O)CSc1cnc(NC(=O)N(CCOCC(F)(F)F)C2CCCCC2)s1. The highest BCUT2D eigenvalue weighted by Crippen LogP contribution is 2.29. The Hall–Kier alpha value is -1.53. The van der Waals surface area contributed by atoms with Crippen LogP contribution in [0.4, 0.5) is 23.1 Å². The summed E-state index contributed by atoms with van der Waals surface area (Å²) in [5, 5.41) is 11.7. The number of carbonyl (C=O) groups excluding carboxylic acids is 1. The van der Waals surface area contributed by atoms with Crippen molar-refractivity contribution in [3.05, 3.63) is 6.20 Å². The summed E-state index contributed by atoms with van der Waals surface area (Å²) in [5.41, 5.74) is 0. The van der Waals surface area contributed by atoms with Crippen LogP contribution >= 0.6 is 23.1 Å². The van der Waals surface area contributed by atoms with E-state index in [2.05, 4.69) is 15.0 Å². The molecule has 2 amide bonds. The first-order valence-corrected chi connectivity index (χ1v) is 10.6. The number of aromatic nitrogens is 1. The maximum absolute atomic E-state index is 12.7. The van der Waals surface area contributed by atoms with Crippen molar-refractivity contribution >= 4 is 40.2 Å². The summed E-state index contributed by atoms with van der Waals surface area (Å²) in [6.07, 6.45) is 1.67. The number of nitrogens with zero attached hydrogens (tertiary/aromatic N) is 2. The Labute approximate surface area is 168 Å². The third-order valence-corrected chi connectivity index (χ3v) is 6.15. The van der Waals surface area contributed by atoms with Crippen LogP contribution in [0, 0.1) is 0 Å². The monoisotopic (exact) mass is 441 g/mol. The molecule has 2 rings (SSSR count). The van der Waals surface area contributed by atoms with Gasteiger partial charge < -0.3 is 14.7 Å². The molecule has 1 aliphatic carbocycles. The maximum Gasteiger partial charge on any atom is 0.411 e. The van der Waals surface area contributed by atoms with Gasteiger partial charge in [0.05, 0.1) is 22.8 Å². The molecule has 0 aromatic carbocycles. The highest BCUT2D eigenvalue weighted by Gasteiger charge is 2.29. The Balaban J connectivity index is 1.93. The number of carboxylic acids is 1. The van der Waals surface area contributed by atoms with Gasteiger partial charge in [0, 0.05) is 12.6 Å². The van der Waals surface area contributed by atoms with Crippen LogP contribution in [0.15, 0.2) is 10.4 Å². The average Bonchev–Trinajstić information content (AvgIpc) is 3.07. The van der Waals surface area contributed by atoms with E-state index in [-0.39, 0.29) is 24.9 Å². The first kappa shape index (κ1) is 22.8. The zero-order valence-corrected chi connectivity index (χ0v) is 16.7. The molecule has 12 heteroatoms. The Kier molecular flexibility index (Phi) is 8.83. The van der Waals surface area contributed by atoms with Crippen molar-refractivity contribution in [1.29, 1.82) is 0 Å². The van der Waals surface area contributed by atoms with Crippen molar-refractivity contribution in [3.63, 3.8) is 0 Å². The summed E-state index contributed by atoms with van der Waals surface area (Å²) < 4.78 is 42.0. The smallest absolute Gasteiger partial charge is 0.411 e. The number of hydrogen-bond acceptors (Lipinski definition) is 6. The van der Waals surface area contributed by atoms with Crippen molar-refractivity contribution in [2.45, 2.75) is 48.5 Å². The van der Waals surface area contributed by atoms with E-state index in [1.165, 1.54) is 11.1 Å². The number of carbonyl (C=O) groups is 2. The van der Waals surface area contributed by atoms with Gasteiger partial charge in [-0.15, -0.1) is 11.8 Å². The fourth-order valence-electron chi connectivity index (χ4n) is 2.87. The minimum absolute atomic E-state index is 0.0518. The fourth-order valence-corrected chi connectivity index (χ4v) is 4.46. The van der Waals surface area contributed by atoms with Crippen LogP contribution in [0.25, 0.3) is 0 Å². The third kappa shape index (κ3) is 8.23. The molecular formula is C16H22F3N3O4S2. The minimum Gasteiger partial charge on any atom is -0.481 e. The van der Waals surface area contributed by atoms with E-state index in [0.29, 0.717) is 9.34 Å². The van der Waals surface area contributed by atoms with Crippen molar-refractivity contribution in [2.24, 2.45) is 0 Å². The molecule has 0 radical (unpaired) electrons. The summed E-state index contributed by atoms with van der Waals surface area (Å²) in [6, 6.07) is -0.490. The van der Waals surface area contributed by atoms with E-state index in [0.717, 1.165) is 55.2 Å². The van der Waals surface area contributed by atoms with E-state index in [9.17, 15) is 22.8 Å². The number of rotatable bonds is 9. The number of amides is 2. The van der Waals surface area contributed by atoms with Crippen molar-refractivity contribution < 1.29 is 32.6 Å². The second kappa shape index (κ2) is 10.9. The third-order valence-electron chi connectivity index (χ3n) is 4.05. The zero-order valence-electron chi connectivity index (χ0n) is 15.0. The molecule has 158 valence electrons. The van der Waals surface area contributed by atoms with E-state index >= 15 is 0 Å². The fraction of sp³-hybridized carbons (Fsp3) is 0.688. The predicted octanol–water partition coefficient (Wildman–Crippen LogP) is 4.07. The highest BCUT2D eigenvalue weighted by atomic mass is 32.2. The lowest BCUT2D eigenvalue weighted by atomic mass is 9.94. The van der Waals surface area contributed by atoms with Gasteiger partial charge in [0.1, 0.15) is 6.61 Å². The maximum atomic E-state index is 12.7. The van der Waals surface area contributed by atoms with Crippen LogP contribution in [-0.2, 0) is 9.53 Å². The summed E-state index contributed by atoms with van der Waals surface area (Å²) in [5.74, 6) is -1.06. The van der Waals surface area contributed by atoms with E-state index in [4.69, 9.17) is 5.11 Å². The lowest BCUT2D eigenvalue weighted by molar-refractivity contribution is -0.174. The number of thioether (sulfide) groups is 1. The van der Waals surface area contributed by atoms with Gasteiger partial charge >= 0.3 is 18.2 Å². The Bertz CT molecular complexity index is 651. The van der Waals surface area contributed by atoms with Crippen molar-refractivity contribution in [2.75, 3.05) is 30.8 Å². The molecule has 1 heterocycles. The number of urea groups is 1. The molecule has 28 heavy (non-hydrogen) atoms. The van der Waals surface area contributed by atoms with Crippen LogP contribution in [0.5, 0.6) is 0 Å². The van der Waals surface area contributed by atoms with Gasteiger partial charge in [0.2, 0.25) is 0 Å². The van der Waals surface area contributed by atoms with Crippen LogP contribution in [-0.4, -0.2) is 64.7 Å². The van der Waals surface area contributed by atoms with Crippen molar-refractivity contribution in [3.8, 4) is 0 Å². The molecule has 1 saturated carbocycles. The van der Waals surface area contributed by atoms with Gasteiger partial charge in [-0.25, -0.2) is 9.78 Å². The summed E-state index contributed by atoms with van der Waals surface area (Å²) in [4.78, 5) is 28.9. The average molecular weight is 441 g/mol. The number of thiazole rings is 1. The Morgan fingerprint density at radius 3 is 2.71 bits per heavy atom. The van der Waals surface area contributed by atoms with Crippen LogP contribution < -0.4 is 5.32 Å². The molecule has 0 atom stereocenters. The molecule has 1 aromatic rings. The molecule has 1 aromatic heterocycles. The summed E-state index contributed by atoms with van der Waals surface area (Å²) in [7, 11) is 0. The largest absolute Gasteiger partial charge is 0.481 e. The molecule has 0 saturated heterocycles. The zero-order chi connectivity index (χ0) is 20.6. The normalized spacial score (nSPS) is 15.4. The number of halogens is 3. The number of alkyl halides is 3. The number of carboxylic acid groups (broad SMARTS) is 1. The number of aliphatic carboxylic acids is 1. The van der Waals surface area contributed by atoms with Crippen LogP contribution in [0.2, 0.25) is 0 Å². The second-order valence-electron chi connectivity index (χ2n) is 6.25. The summed E-state index contributed by atoms with van der Waals surface area (Å²) in [6.45, 7) is -1.50. The van der Waals surface area contributed by atoms with Gasteiger partial charge in [-0.3, -0.25) is 10.1 Å². The first-order valence-electron chi connectivity index (χ1n) is 8.77. The van der Waals surface area contributed by atoms with Crippen LogP contribution in [0.3, 0.4) is 0 Å².